The van der Waals surface area contributed by atoms with E-state index in [1.54, 1.807) is 19.9 Å². The molecule has 1 aliphatic carbocycles. The van der Waals surface area contributed by atoms with Gasteiger partial charge in [0.2, 0.25) is 0 Å². The number of carbonyl (C=O) groups excluding carboxylic acids is 2. The highest BCUT2D eigenvalue weighted by molar-refractivity contribution is 6.10. The normalized spacial score (nSPS) is 27.7. The summed E-state index contributed by atoms with van der Waals surface area (Å²) in [5, 5.41) is 0. The van der Waals surface area contributed by atoms with Crippen molar-refractivity contribution in [2.24, 2.45) is 5.41 Å². The predicted octanol–water partition coefficient (Wildman–Crippen LogP) is 1.08. The molecular formula is C9H12O3. The summed E-state index contributed by atoms with van der Waals surface area (Å²) in [7, 11) is 0. The van der Waals surface area contributed by atoms with Crippen molar-refractivity contribution in [3.63, 3.8) is 0 Å². The third kappa shape index (κ3) is 1.26. The van der Waals surface area contributed by atoms with E-state index in [4.69, 9.17) is 4.74 Å². The van der Waals surface area contributed by atoms with Crippen LogP contribution in [0, 0.1) is 5.41 Å². The predicted molar refractivity (Wildman–Crippen MR) is 43.5 cm³/mol. The summed E-state index contributed by atoms with van der Waals surface area (Å²) in [5.41, 5.74) is -0.948. The molecule has 3 heteroatoms. The lowest BCUT2D eigenvalue weighted by Crippen LogP contribution is -2.34. The number of hydrogen-bond acceptors (Lipinski definition) is 3. The highest BCUT2D eigenvalue weighted by Gasteiger charge is 2.42. The molecule has 0 amide bonds. The topological polar surface area (TPSA) is 43.4 Å². The molecule has 0 N–H and O–H groups in total. The molecule has 0 spiro atoms. The van der Waals surface area contributed by atoms with E-state index in [1.165, 1.54) is 6.08 Å². The lowest BCUT2D eigenvalue weighted by atomic mass is 9.87. The van der Waals surface area contributed by atoms with E-state index >= 15 is 0 Å². The summed E-state index contributed by atoms with van der Waals surface area (Å²) in [6, 6.07) is 0. The van der Waals surface area contributed by atoms with Crippen molar-refractivity contribution in [1.29, 1.82) is 0 Å². The van der Waals surface area contributed by atoms with Crippen molar-refractivity contribution in [3.8, 4) is 0 Å². The third-order valence-corrected chi connectivity index (χ3v) is 2.07. The summed E-state index contributed by atoms with van der Waals surface area (Å²) >= 11 is 0. The second-order valence-corrected chi connectivity index (χ2v) is 3.02. The van der Waals surface area contributed by atoms with Crippen LogP contribution in [-0.4, -0.2) is 18.4 Å². The summed E-state index contributed by atoms with van der Waals surface area (Å²) in [5.74, 6) is -0.569. The minimum absolute atomic E-state index is 0.152. The summed E-state index contributed by atoms with van der Waals surface area (Å²) in [6.07, 6.45) is 3.61. The molecule has 0 aromatic heterocycles. The Morgan fingerprint density at radius 2 is 2.42 bits per heavy atom. The number of rotatable bonds is 2. The molecule has 66 valence electrons. The van der Waals surface area contributed by atoms with Gasteiger partial charge in [-0.05, 0) is 26.3 Å². The fourth-order valence-corrected chi connectivity index (χ4v) is 1.16. The molecule has 3 nitrogen and oxygen atoms in total. The smallest absolute Gasteiger partial charge is 0.320 e. The van der Waals surface area contributed by atoms with Gasteiger partial charge in [0.1, 0.15) is 5.41 Å². The van der Waals surface area contributed by atoms with Gasteiger partial charge in [0.05, 0.1) is 6.61 Å². The van der Waals surface area contributed by atoms with Crippen LogP contribution >= 0.6 is 0 Å². The van der Waals surface area contributed by atoms with Crippen LogP contribution < -0.4 is 0 Å². The molecule has 0 aromatic rings. The molecule has 0 unspecified atom stereocenters. The zero-order valence-electron chi connectivity index (χ0n) is 7.29. The van der Waals surface area contributed by atoms with Crippen molar-refractivity contribution in [2.75, 3.05) is 6.61 Å². The molecule has 0 saturated heterocycles. The molecule has 0 aliphatic heterocycles. The van der Waals surface area contributed by atoms with Gasteiger partial charge in [-0.3, -0.25) is 9.59 Å². The first kappa shape index (κ1) is 8.97. The molecule has 0 bridgehead atoms. The maximum absolute atomic E-state index is 11.3. The van der Waals surface area contributed by atoms with Gasteiger partial charge in [0, 0.05) is 0 Å². The lowest BCUT2D eigenvalue weighted by molar-refractivity contribution is -0.156. The monoisotopic (exact) mass is 168 g/mol. The summed E-state index contributed by atoms with van der Waals surface area (Å²) < 4.78 is 4.80. The molecule has 1 rings (SSSR count). The second-order valence-electron chi connectivity index (χ2n) is 3.02. The summed E-state index contributed by atoms with van der Waals surface area (Å²) in [4.78, 5) is 22.5. The Morgan fingerprint density at radius 1 is 1.75 bits per heavy atom. The largest absolute Gasteiger partial charge is 0.465 e. The fraction of sp³-hybridized carbons (Fsp3) is 0.556. The van der Waals surface area contributed by atoms with E-state index in [0.717, 1.165) is 0 Å². The van der Waals surface area contributed by atoms with E-state index in [2.05, 4.69) is 0 Å². The average Bonchev–Trinajstić information content (AvgIpc) is 2.34. The highest BCUT2D eigenvalue weighted by atomic mass is 16.5. The number of ether oxygens (including phenoxy) is 1. The van der Waals surface area contributed by atoms with Crippen LogP contribution in [-0.2, 0) is 14.3 Å². The maximum atomic E-state index is 11.3. The Bertz CT molecular complexity index is 242. The van der Waals surface area contributed by atoms with E-state index < -0.39 is 11.4 Å². The Hall–Kier alpha value is -1.12. The maximum Gasteiger partial charge on any atom is 0.320 e. The molecular weight excluding hydrogens is 156 g/mol. The van der Waals surface area contributed by atoms with E-state index in [0.29, 0.717) is 13.0 Å². The molecule has 1 aliphatic rings. The van der Waals surface area contributed by atoms with Crippen LogP contribution in [0.3, 0.4) is 0 Å². The standard InChI is InChI=1S/C9H12O3/c1-3-12-8(11)9(2)6-4-5-7(9)10/h4-5H,3,6H2,1-2H3/t9-/m1/s1. The SMILES string of the molecule is CCOC(=O)[C@]1(C)CC=CC1=O. The quantitative estimate of drug-likeness (QED) is 0.458. The van der Waals surface area contributed by atoms with Gasteiger partial charge in [0.25, 0.3) is 0 Å². The number of hydrogen-bond donors (Lipinski definition) is 0. The Morgan fingerprint density at radius 3 is 2.83 bits per heavy atom. The molecule has 12 heavy (non-hydrogen) atoms. The Labute approximate surface area is 71.4 Å². The number of ketones is 1. The van der Waals surface area contributed by atoms with Crippen LogP contribution in [0.2, 0.25) is 0 Å². The lowest BCUT2D eigenvalue weighted by Gasteiger charge is -2.18. The number of carbonyl (C=O) groups is 2. The first-order valence-electron chi connectivity index (χ1n) is 3.99. The Balaban J connectivity index is 2.73. The fourth-order valence-electron chi connectivity index (χ4n) is 1.16. The first-order chi connectivity index (χ1) is 5.61. The van der Waals surface area contributed by atoms with Crippen molar-refractivity contribution in [1.82, 2.24) is 0 Å². The van der Waals surface area contributed by atoms with Gasteiger partial charge in [0.15, 0.2) is 5.78 Å². The van der Waals surface area contributed by atoms with Crippen molar-refractivity contribution < 1.29 is 14.3 Å². The van der Waals surface area contributed by atoms with Crippen molar-refractivity contribution in [2.45, 2.75) is 20.3 Å². The average molecular weight is 168 g/mol. The highest BCUT2D eigenvalue weighted by Crippen LogP contribution is 2.30. The first-order valence-corrected chi connectivity index (χ1v) is 3.99. The molecule has 0 heterocycles. The summed E-state index contributed by atoms with van der Waals surface area (Å²) in [6.45, 7) is 3.67. The molecule has 0 aromatic carbocycles. The molecule has 0 fully saturated rings. The third-order valence-electron chi connectivity index (χ3n) is 2.07. The van der Waals surface area contributed by atoms with Gasteiger partial charge in [-0.15, -0.1) is 0 Å². The molecule has 0 radical (unpaired) electrons. The van der Waals surface area contributed by atoms with Crippen molar-refractivity contribution >= 4 is 11.8 Å². The molecule has 1 atom stereocenters. The minimum atomic E-state index is -0.948. The van der Waals surface area contributed by atoms with Crippen molar-refractivity contribution in [3.05, 3.63) is 12.2 Å². The second kappa shape index (κ2) is 3.09. The van der Waals surface area contributed by atoms with Crippen LogP contribution in [0.1, 0.15) is 20.3 Å². The zero-order chi connectivity index (χ0) is 9.19. The van der Waals surface area contributed by atoms with Crippen LogP contribution in [0.5, 0.6) is 0 Å². The van der Waals surface area contributed by atoms with Gasteiger partial charge < -0.3 is 4.74 Å². The van der Waals surface area contributed by atoms with Crippen LogP contribution in [0.15, 0.2) is 12.2 Å². The van der Waals surface area contributed by atoms with Crippen LogP contribution in [0.25, 0.3) is 0 Å². The molecule has 0 saturated carbocycles. The number of esters is 1. The van der Waals surface area contributed by atoms with Gasteiger partial charge in [-0.2, -0.15) is 0 Å². The zero-order valence-corrected chi connectivity index (χ0v) is 7.29. The number of allylic oxidation sites excluding steroid dienone is 2. The van der Waals surface area contributed by atoms with E-state index in [9.17, 15) is 9.59 Å². The Kier molecular flexibility index (Phi) is 2.31. The van der Waals surface area contributed by atoms with E-state index in [1.807, 2.05) is 0 Å². The van der Waals surface area contributed by atoms with Crippen LogP contribution in [0.4, 0.5) is 0 Å². The van der Waals surface area contributed by atoms with E-state index in [-0.39, 0.29) is 5.78 Å². The minimum Gasteiger partial charge on any atom is -0.465 e. The van der Waals surface area contributed by atoms with Gasteiger partial charge in [-0.25, -0.2) is 0 Å². The van der Waals surface area contributed by atoms with Gasteiger partial charge in [-0.1, -0.05) is 6.08 Å². The van der Waals surface area contributed by atoms with Gasteiger partial charge >= 0.3 is 5.97 Å².